The Labute approximate surface area is 137 Å². The van der Waals surface area contributed by atoms with Gasteiger partial charge in [-0.3, -0.25) is 19.2 Å². The summed E-state index contributed by atoms with van der Waals surface area (Å²) in [7, 11) is -6.75. The van der Waals surface area contributed by atoms with Crippen LogP contribution in [0.3, 0.4) is 0 Å². The molecule has 10 heteroatoms. The second-order valence-corrected chi connectivity index (χ2v) is 12.4. The molecule has 0 aromatic rings. The van der Waals surface area contributed by atoms with Gasteiger partial charge in [0.25, 0.3) is 23.9 Å². The molecule has 23 heavy (non-hydrogen) atoms. The zero-order valence-electron chi connectivity index (χ0n) is 14.4. The van der Waals surface area contributed by atoms with Crippen molar-refractivity contribution in [2.45, 2.75) is 59.3 Å². The quantitative estimate of drug-likeness (QED) is 0.599. The molecule has 8 nitrogen and oxygen atoms in total. The summed E-state index contributed by atoms with van der Waals surface area (Å²) in [4.78, 5) is 45.8. The van der Waals surface area contributed by atoms with Crippen LogP contribution in [0.4, 0.5) is 0 Å². The van der Waals surface area contributed by atoms with E-state index in [1.54, 1.807) is 13.8 Å². The molecule has 0 aromatic heterocycles. The van der Waals surface area contributed by atoms with Gasteiger partial charge in [-0.15, -0.1) is 0 Å². The van der Waals surface area contributed by atoms with E-state index >= 15 is 0 Å². The fourth-order valence-electron chi connectivity index (χ4n) is 2.18. The maximum absolute atomic E-state index is 11.4. The number of hydrogen-bond donors (Lipinski definition) is 0. The molecule has 0 aliphatic carbocycles. The average Bonchev–Trinajstić information content (AvgIpc) is 2.35. The van der Waals surface area contributed by atoms with Crippen LogP contribution in [0, 0.1) is 0 Å². The molecule has 0 amide bonds. The van der Waals surface area contributed by atoms with Gasteiger partial charge in [-0.2, -0.15) is 0 Å². The Balaban J connectivity index is 5.79. The van der Waals surface area contributed by atoms with Crippen molar-refractivity contribution in [2.75, 3.05) is 0 Å². The zero-order valence-corrected chi connectivity index (χ0v) is 16.4. The summed E-state index contributed by atoms with van der Waals surface area (Å²) in [6.45, 7) is 8.21. The van der Waals surface area contributed by atoms with Crippen LogP contribution in [0.1, 0.15) is 41.5 Å². The predicted octanol–water partition coefficient (Wildman–Crippen LogP) is 1.70. The third-order valence-electron chi connectivity index (χ3n) is 2.93. The highest BCUT2D eigenvalue weighted by atomic mass is 28.4. The topological polar surface area (TPSA) is 105 Å². The van der Waals surface area contributed by atoms with Crippen molar-refractivity contribution in [2.24, 2.45) is 0 Å². The first kappa shape index (κ1) is 21.3. The summed E-state index contributed by atoms with van der Waals surface area (Å²) in [5.41, 5.74) is -0.0503. The Kier molecular flexibility index (Phi) is 8.17. The van der Waals surface area contributed by atoms with Crippen molar-refractivity contribution >= 4 is 41.0 Å². The van der Waals surface area contributed by atoms with E-state index in [-0.39, 0.29) is 17.8 Å². The van der Waals surface area contributed by atoms with Gasteiger partial charge in [0, 0.05) is 39.8 Å². The molecule has 0 radical (unpaired) electrons. The maximum atomic E-state index is 11.4. The van der Waals surface area contributed by atoms with Gasteiger partial charge in [-0.1, -0.05) is 13.8 Å². The van der Waals surface area contributed by atoms with Crippen molar-refractivity contribution < 1.29 is 36.9 Å². The lowest BCUT2D eigenvalue weighted by Crippen LogP contribution is -2.56. The molecule has 0 bridgehead atoms. The smallest absolute Gasteiger partial charge is 0.468 e. The Morgan fingerprint density at radius 3 is 0.957 bits per heavy atom. The molecule has 132 valence electrons. The minimum absolute atomic E-state index is 0.0503. The summed E-state index contributed by atoms with van der Waals surface area (Å²) < 4.78 is 21.3. The molecule has 0 saturated carbocycles. The summed E-state index contributed by atoms with van der Waals surface area (Å²) in [5.74, 6) is -2.43. The van der Waals surface area contributed by atoms with E-state index < -0.39 is 41.0 Å². The van der Waals surface area contributed by atoms with E-state index in [1.165, 1.54) is 27.7 Å². The van der Waals surface area contributed by atoms with Crippen LogP contribution in [0.5, 0.6) is 0 Å². The molecule has 0 heterocycles. The molecule has 0 fully saturated rings. The van der Waals surface area contributed by atoms with Gasteiger partial charge in [-0.05, 0) is 0 Å². The van der Waals surface area contributed by atoms with Crippen LogP contribution in [-0.4, -0.2) is 41.0 Å². The standard InChI is InChI=1S/C13H24O8Si2/c1-7-22(18-10(3)14,19-11(4)15)9-23(8-2,20-12(5)16)21-13(6)17/h7-9H2,1-6H3. The van der Waals surface area contributed by atoms with E-state index in [4.69, 9.17) is 17.7 Å². The van der Waals surface area contributed by atoms with Crippen LogP contribution in [0.25, 0.3) is 0 Å². The van der Waals surface area contributed by atoms with Crippen LogP contribution < -0.4 is 0 Å². The first-order valence-electron chi connectivity index (χ1n) is 7.28. The summed E-state index contributed by atoms with van der Waals surface area (Å²) in [6, 6.07) is 0.507. The highest BCUT2D eigenvalue weighted by molar-refractivity contribution is 6.88. The average molecular weight is 364 g/mol. The van der Waals surface area contributed by atoms with Crippen molar-refractivity contribution in [3.8, 4) is 0 Å². The zero-order chi connectivity index (χ0) is 18.3. The highest BCUT2D eigenvalue weighted by Crippen LogP contribution is 2.30. The number of carbonyl (C=O) groups excluding carboxylic acids is 4. The van der Waals surface area contributed by atoms with Gasteiger partial charge in [0.2, 0.25) is 0 Å². The van der Waals surface area contributed by atoms with Crippen molar-refractivity contribution in [1.29, 1.82) is 0 Å². The molecule has 0 aliphatic rings. The second-order valence-electron chi connectivity index (χ2n) is 5.08. The predicted molar refractivity (Wildman–Crippen MR) is 84.3 cm³/mol. The van der Waals surface area contributed by atoms with E-state index in [2.05, 4.69) is 0 Å². The Hall–Kier alpha value is -1.69. The lowest BCUT2D eigenvalue weighted by molar-refractivity contribution is -0.139. The lowest BCUT2D eigenvalue weighted by atomic mass is 10.9. The van der Waals surface area contributed by atoms with E-state index in [9.17, 15) is 19.2 Å². The van der Waals surface area contributed by atoms with Crippen LogP contribution in [0.15, 0.2) is 0 Å². The van der Waals surface area contributed by atoms with Gasteiger partial charge < -0.3 is 17.7 Å². The van der Waals surface area contributed by atoms with Crippen LogP contribution >= 0.6 is 0 Å². The van der Waals surface area contributed by atoms with Crippen LogP contribution in [0.2, 0.25) is 17.8 Å². The monoisotopic (exact) mass is 364 g/mol. The van der Waals surface area contributed by atoms with Crippen molar-refractivity contribution in [1.82, 2.24) is 0 Å². The van der Waals surface area contributed by atoms with Gasteiger partial charge >= 0.3 is 17.1 Å². The number of rotatable bonds is 8. The van der Waals surface area contributed by atoms with Gasteiger partial charge in [-0.25, -0.2) is 0 Å². The highest BCUT2D eigenvalue weighted by Gasteiger charge is 2.57. The Bertz CT molecular complexity index is 403. The minimum atomic E-state index is -3.38. The van der Waals surface area contributed by atoms with Crippen LogP contribution in [-0.2, 0) is 36.9 Å². The third kappa shape index (κ3) is 7.41. The Morgan fingerprint density at radius 2 is 0.826 bits per heavy atom. The number of hydrogen-bond acceptors (Lipinski definition) is 8. The molecule has 0 unspecified atom stereocenters. The fraction of sp³-hybridized carbons (Fsp3) is 0.692. The SMILES string of the molecule is CC[Si](C[Si](CC)(OC(C)=O)OC(C)=O)(OC(C)=O)OC(C)=O. The first-order chi connectivity index (χ1) is 10.5. The molecule has 0 aliphatic heterocycles. The summed E-state index contributed by atoms with van der Waals surface area (Å²) >= 11 is 0. The van der Waals surface area contributed by atoms with Gasteiger partial charge in [0.15, 0.2) is 0 Å². The Morgan fingerprint density at radius 1 is 0.609 bits per heavy atom. The molecular weight excluding hydrogens is 340 g/mol. The van der Waals surface area contributed by atoms with Crippen molar-refractivity contribution in [3.05, 3.63) is 0 Å². The molecule has 0 saturated heterocycles. The van der Waals surface area contributed by atoms with Crippen molar-refractivity contribution in [3.63, 3.8) is 0 Å². The summed E-state index contributed by atoms with van der Waals surface area (Å²) in [5, 5.41) is 0. The van der Waals surface area contributed by atoms with E-state index in [0.717, 1.165) is 0 Å². The van der Waals surface area contributed by atoms with E-state index in [0.29, 0.717) is 0 Å². The first-order valence-corrected chi connectivity index (χ1v) is 11.7. The summed E-state index contributed by atoms with van der Waals surface area (Å²) in [6.07, 6.45) is 0. The molecule has 0 N–H and O–H groups in total. The largest absolute Gasteiger partial charge is 0.485 e. The second kappa shape index (κ2) is 8.82. The van der Waals surface area contributed by atoms with Gasteiger partial charge in [0.05, 0.1) is 5.67 Å². The molecule has 0 spiro atoms. The minimum Gasteiger partial charge on any atom is -0.485 e. The van der Waals surface area contributed by atoms with E-state index in [1.807, 2.05) is 0 Å². The maximum Gasteiger partial charge on any atom is 0.468 e. The lowest BCUT2D eigenvalue weighted by Gasteiger charge is -2.35. The molecule has 0 atom stereocenters. The normalized spacial score (nSPS) is 11.4. The molecular formula is C13H24O8Si2. The van der Waals surface area contributed by atoms with Gasteiger partial charge in [0.1, 0.15) is 0 Å². The number of carbonyl (C=O) groups is 4. The molecule has 0 rings (SSSR count). The fourth-order valence-corrected chi connectivity index (χ4v) is 11.4. The molecule has 0 aromatic carbocycles. The third-order valence-corrected chi connectivity index (χ3v) is 12.0.